The number of nitrogens with zero attached hydrogens (tertiary/aromatic N) is 2. The van der Waals surface area contributed by atoms with Crippen molar-refractivity contribution in [1.29, 1.82) is 0 Å². The minimum absolute atomic E-state index is 0.155. The van der Waals surface area contributed by atoms with Crippen LogP contribution in [-0.2, 0) is 27.4 Å². The number of nitrogens with one attached hydrogen (secondary N) is 1. The molecule has 1 aromatic heterocycles. The topological polar surface area (TPSA) is 91.7 Å². The van der Waals surface area contributed by atoms with Crippen molar-refractivity contribution in [1.82, 2.24) is 14.9 Å². The minimum Gasteiger partial charge on any atom is -0.460 e. The van der Waals surface area contributed by atoms with Crippen LogP contribution in [0.1, 0.15) is 71.1 Å². The number of carbonyl (C=O) groups excluding carboxylic acids is 2. The number of aromatic nitrogens is 2. The number of ether oxygens (including phenoxy) is 2. The molecule has 4 rings (SSSR count). The van der Waals surface area contributed by atoms with E-state index in [1.807, 2.05) is 63.4 Å². The molecule has 0 saturated carbocycles. The zero-order chi connectivity index (χ0) is 34.2. The Labute approximate surface area is 280 Å². The Balaban J connectivity index is 1.57. The maximum absolute atomic E-state index is 13.0. The highest BCUT2D eigenvalue weighted by Gasteiger charge is 2.50. The van der Waals surface area contributed by atoms with E-state index < -0.39 is 26.0 Å². The largest absolute Gasteiger partial charge is 0.460 e. The molecule has 250 valence electrons. The molecule has 0 aliphatic rings. The van der Waals surface area contributed by atoms with Crippen molar-refractivity contribution < 1.29 is 23.5 Å². The fourth-order valence-electron chi connectivity index (χ4n) is 5.90. The molecule has 4 aromatic rings. The van der Waals surface area contributed by atoms with E-state index in [1.165, 1.54) is 10.4 Å². The quantitative estimate of drug-likeness (QED) is 0.136. The molecule has 1 heterocycles. The lowest BCUT2D eigenvalue weighted by molar-refractivity contribution is 0.0491. The molecule has 0 spiro atoms. The molecule has 3 aromatic carbocycles. The lowest BCUT2D eigenvalue weighted by Crippen LogP contribution is -2.66. The number of rotatable bonds is 12. The van der Waals surface area contributed by atoms with Gasteiger partial charge in [-0.2, -0.15) is 0 Å². The first-order valence-corrected chi connectivity index (χ1v) is 18.2. The maximum Gasteiger partial charge on any atom is 0.407 e. The molecule has 0 aliphatic carbocycles. The van der Waals surface area contributed by atoms with Gasteiger partial charge in [0, 0.05) is 31.5 Å². The standard InChI is InChI=1S/C38H49N3O5Si/c1-9-44-35(42)34-40-33(27-41(34)8)29-22-20-28(21-23-29)26-30(39-36(43)46-37(2,3)4)24-25-45-47(38(5,6)7,31-16-12-10-13-17-31)32-18-14-11-15-19-32/h10-23,27,30H,9,24-26H2,1-8H3,(H,39,43). The fraction of sp³-hybridized carbons (Fsp3) is 0.395. The first kappa shape index (κ1) is 35.6. The normalized spacial score (nSPS) is 12.8. The Morgan fingerprint density at radius 2 is 1.45 bits per heavy atom. The van der Waals surface area contributed by atoms with E-state index >= 15 is 0 Å². The number of alkyl carbamates (subject to hydrolysis) is 1. The van der Waals surface area contributed by atoms with Crippen LogP contribution in [0.2, 0.25) is 5.04 Å². The van der Waals surface area contributed by atoms with Gasteiger partial charge in [-0.05, 0) is 61.5 Å². The van der Waals surface area contributed by atoms with Crippen molar-refractivity contribution in [2.24, 2.45) is 7.05 Å². The van der Waals surface area contributed by atoms with Crippen LogP contribution in [0, 0.1) is 0 Å². The number of amides is 1. The smallest absolute Gasteiger partial charge is 0.407 e. The molecule has 47 heavy (non-hydrogen) atoms. The molecule has 8 nitrogen and oxygen atoms in total. The Bertz CT molecular complexity index is 1570. The number of hydrogen-bond donors (Lipinski definition) is 1. The van der Waals surface area contributed by atoms with Crippen molar-refractivity contribution in [2.45, 2.75) is 78.0 Å². The fourth-order valence-corrected chi connectivity index (χ4v) is 10.5. The highest BCUT2D eigenvalue weighted by Crippen LogP contribution is 2.37. The highest BCUT2D eigenvalue weighted by atomic mass is 28.4. The molecule has 1 N–H and O–H groups in total. The summed E-state index contributed by atoms with van der Waals surface area (Å²) in [5.41, 5.74) is 1.99. The van der Waals surface area contributed by atoms with E-state index in [0.717, 1.165) is 11.1 Å². The zero-order valence-corrected chi connectivity index (χ0v) is 30.0. The van der Waals surface area contributed by atoms with E-state index in [9.17, 15) is 9.59 Å². The number of aryl methyl sites for hydroxylation is 1. The number of hydrogen-bond acceptors (Lipinski definition) is 6. The molecule has 0 aliphatic heterocycles. The van der Waals surface area contributed by atoms with Crippen LogP contribution in [0.4, 0.5) is 4.79 Å². The Morgan fingerprint density at radius 1 is 0.872 bits per heavy atom. The van der Waals surface area contributed by atoms with E-state index in [-0.39, 0.29) is 23.5 Å². The SMILES string of the molecule is CCOC(=O)c1nc(-c2ccc(CC(CCO[Si](c3ccccc3)(c3ccccc3)C(C)(C)C)NC(=O)OC(C)(C)C)cc2)cn1C. The third-order valence-electron chi connectivity index (χ3n) is 7.99. The van der Waals surface area contributed by atoms with E-state index in [0.29, 0.717) is 25.1 Å². The van der Waals surface area contributed by atoms with Gasteiger partial charge in [0.25, 0.3) is 8.32 Å². The predicted octanol–water partition coefficient (Wildman–Crippen LogP) is 6.67. The van der Waals surface area contributed by atoms with Crippen LogP contribution in [-0.4, -0.2) is 54.8 Å². The van der Waals surface area contributed by atoms with Crippen LogP contribution in [0.15, 0.2) is 91.1 Å². The summed E-state index contributed by atoms with van der Waals surface area (Å²) < 4.78 is 19.6. The summed E-state index contributed by atoms with van der Waals surface area (Å²) in [5.74, 6) is -0.192. The average Bonchev–Trinajstić information content (AvgIpc) is 3.40. The molecular formula is C38H49N3O5Si. The number of benzene rings is 3. The third-order valence-corrected chi connectivity index (χ3v) is 13.0. The summed E-state index contributed by atoms with van der Waals surface area (Å²) in [5, 5.41) is 5.39. The third kappa shape index (κ3) is 8.99. The number of imidazole rings is 1. The van der Waals surface area contributed by atoms with Crippen molar-refractivity contribution in [2.75, 3.05) is 13.2 Å². The van der Waals surface area contributed by atoms with Gasteiger partial charge in [-0.25, -0.2) is 14.6 Å². The molecule has 1 amide bonds. The Morgan fingerprint density at radius 3 is 1.96 bits per heavy atom. The molecule has 0 bridgehead atoms. The zero-order valence-electron chi connectivity index (χ0n) is 29.0. The maximum atomic E-state index is 13.0. The minimum atomic E-state index is -2.73. The molecule has 0 saturated heterocycles. The van der Waals surface area contributed by atoms with Crippen LogP contribution in [0.25, 0.3) is 11.3 Å². The Hall–Kier alpha value is -4.21. The summed E-state index contributed by atoms with van der Waals surface area (Å²) in [4.78, 5) is 29.7. The van der Waals surface area contributed by atoms with Crippen molar-refractivity contribution in [3.8, 4) is 11.3 Å². The first-order valence-electron chi connectivity index (χ1n) is 16.3. The van der Waals surface area contributed by atoms with Crippen molar-refractivity contribution in [3.05, 3.63) is 103 Å². The summed E-state index contributed by atoms with van der Waals surface area (Å²) in [7, 11) is -0.957. The van der Waals surface area contributed by atoms with Crippen LogP contribution in [0.5, 0.6) is 0 Å². The lowest BCUT2D eigenvalue weighted by atomic mass is 10.0. The van der Waals surface area contributed by atoms with Gasteiger partial charge < -0.3 is 23.8 Å². The summed E-state index contributed by atoms with van der Waals surface area (Å²) >= 11 is 0. The van der Waals surface area contributed by atoms with Gasteiger partial charge in [0.1, 0.15) is 5.60 Å². The molecule has 0 fully saturated rings. The van der Waals surface area contributed by atoms with E-state index in [1.54, 1.807) is 18.5 Å². The summed E-state index contributed by atoms with van der Waals surface area (Å²) in [6.07, 6.45) is 2.54. The average molecular weight is 656 g/mol. The second kappa shape index (κ2) is 15.1. The van der Waals surface area contributed by atoms with Gasteiger partial charge >= 0.3 is 12.1 Å². The van der Waals surface area contributed by atoms with Gasteiger partial charge in [-0.3, -0.25) is 0 Å². The van der Waals surface area contributed by atoms with Crippen LogP contribution in [0.3, 0.4) is 0 Å². The van der Waals surface area contributed by atoms with Crippen LogP contribution >= 0.6 is 0 Å². The van der Waals surface area contributed by atoms with Crippen molar-refractivity contribution in [3.63, 3.8) is 0 Å². The molecule has 9 heteroatoms. The summed E-state index contributed by atoms with van der Waals surface area (Å²) in [6, 6.07) is 28.9. The first-order chi connectivity index (χ1) is 22.2. The van der Waals surface area contributed by atoms with E-state index in [4.69, 9.17) is 13.9 Å². The molecule has 1 unspecified atom stereocenters. The number of esters is 1. The molecular weight excluding hydrogens is 607 g/mol. The number of carbonyl (C=O) groups is 2. The highest BCUT2D eigenvalue weighted by molar-refractivity contribution is 6.99. The van der Waals surface area contributed by atoms with Crippen LogP contribution < -0.4 is 15.7 Å². The summed E-state index contributed by atoms with van der Waals surface area (Å²) in [6.45, 7) is 14.9. The Kier molecular flexibility index (Phi) is 11.5. The lowest BCUT2D eigenvalue weighted by Gasteiger charge is -2.43. The van der Waals surface area contributed by atoms with Crippen molar-refractivity contribution >= 4 is 30.8 Å². The molecule has 1 atom stereocenters. The van der Waals surface area contributed by atoms with Gasteiger partial charge in [0.2, 0.25) is 5.82 Å². The second-order valence-corrected chi connectivity index (χ2v) is 18.1. The molecule has 0 radical (unpaired) electrons. The predicted molar refractivity (Wildman–Crippen MR) is 190 cm³/mol. The van der Waals surface area contributed by atoms with Gasteiger partial charge in [0.15, 0.2) is 0 Å². The monoisotopic (exact) mass is 655 g/mol. The second-order valence-electron chi connectivity index (χ2n) is 13.8. The van der Waals surface area contributed by atoms with Gasteiger partial charge in [0.05, 0.1) is 12.3 Å². The van der Waals surface area contributed by atoms with E-state index in [2.05, 4.69) is 79.6 Å². The van der Waals surface area contributed by atoms with Gasteiger partial charge in [-0.15, -0.1) is 0 Å². The van der Waals surface area contributed by atoms with Gasteiger partial charge in [-0.1, -0.05) is 106 Å².